The number of hydrogen-bond donors (Lipinski definition) is 2. The Morgan fingerprint density at radius 1 is 1.45 bits per heavy atom. The van der Waals surface area contributed by atoms with Crippen molar-refractivity contribution in [2.45, 2.75) is 30.8 Å². The quantitative estimate of drug-likeness (QED) is 0.855. The van der Waals surface area contributed by atoms with Gasteiger partial charge in [0.1, 0.15) is 0 Å². The van der Waals surface area contributed by atoms with Crippen LogP contribution in [0.15, 0.2) is 40.1 Å². The molecule has 1 atom stereocenters. The average Bonchev–Trinajstić information content (AvgIpc) is 2.98. The van der Waals surface area contributed by atoms with Gasteiger partial charge in [-0.25, -0.2) is 18.1 Å². The SMILES string of the molecule is CCC(N)c1cccc(S(=O)(=O)NCc2cscn2)c1. The molecule has 2 rings (SSSR count). The smallest absolute Gasteiger partial charge is 0.240 e. The van der Waals surface area contributed by atoms with Crippen LogP contribution in [-0.2, 0) is 16.6 Å². The van der Waals surface area contributed by atoms with Crippen molar-refractivity contribution in [3.63, 3.8) is 0 Å². The molecule has 0 aliphatic rings. The largest absolute Gasteiger partial charge is 0.324 e. The van der Waals surface area contributed by atoms with Gasteiger partial charge in [-0.2, -0.15) is 0 Å². The van der Waals surface area contributed by atoms with Gasteiger partial charge in [0, 0.05) is 11.4 Å². The van der Waals surface area contributed by atoms with Crippen molar-refractivity contribution in [1.82, 2.24) is 9.71 Å². The molecule has 0 radical (unpaired) electrons. The van der Waals surface area contributed by atoms with E-state index in [1.807, 2.05) is 18.4 Å². The zero-order valence-electron chi connectivity index (χ0n) is 11.1. The van der Waals surface area contributed by atoms with Crippen LogP contribution in [0.2, 0.25) is 0 Å². The van der Waals surface area contributed by atoms with Gasteiger partial charge in [0.2, 0.25) is 10.0 Å². The molecular weight excluding hydrogens is 294 g/mol. The first-order chi connectivity index (χ1) is 9.53. The molecule has 0 amide bonds. The Labute approximate surface area is 122 Å². The predicted molar refractivity (Wildman–Crippen MR) is 79.8 cm³/mol. The molecule has 0 saturated carbocycles. The molecule has 0 aliphatic heterocycles. The number of sulfonamides is 1. The number of nitrogens with one attached hydrogen (secondary N) is 1. The molecule has 2 aromatic rings. The van der Waals surface area contributed by atoms with Crippen LogP contribution in [-0.4, -0.2) is 13.4 Å². The van der Waals surface area contributed by atoms with Crippen LogP contribution in [0.25, 0.3) is 0 Å². The Bertz CT molecular complexity index is 654. The maximum atomic E-state index is 12.2. The highest BCUT2D eigenvalue weighted by Crippen LogP contribution is 2.18. The van der Waals surface area contributed by atoms with Gasteiger partial charge in [-0.1, -0.05) is 19.1 Å². The van der Waals surface area contributed by atoms with Gasteiger partial charge in [0.15, 0.2) is 0 Å². The van der Waals surface area contributed by atoms with Crippen LogP contribution in [0, 0.1) is 0 Å². The number of benzene rings is 1. The van der Waals surface area contributed by atoms with Crippen molar-refractivity contribution < 1.29 is 8.42 Å². The molecule has 1 heterocycles. The molecule has 108 valence electrons. The topological polar surface area (TPSA) is 85.1 Å². The molecule has 1 aromatic heterocycles. The number of aromatic nitrogens is 1. The molecular formula is C13H17N3O2S2. The van der Waals surface area contributed by atoms with Gasteiger partial charge < -0.3 is 5.73 Å². The Morgan fingerprint density at radius 3 is 2.90 bits per heavy atom. The summed E-state index contributed by atoms with van der Waals surface area (Å²) in [6, 6.07) is 6.59. The molecule has 20 heavy (non-hydrogen) atoms. The van der Waals surface area contributed by atoms with Crippen molar-refractivity contribution >= 4 is 21.4 Å². The molecule has 1 unspecified atom stereocenters. The summed E-state index contributed by atoms with van der Waals surface area (Å²) < 4.78 is 27.0. The van der Waals surface area contributed by atoms with E-state index in [0.29, 0.717) is 5.69 Å². The van der Waals surface area contributed by atoms with E-state index in [-0.39, 0.29) is 17.5 Å². The Balaban J connectivity index is 2.16. The summed E-state index contributed by atoms with van der Waals surface area (Å²) in [6.45, 7) is 2.15. The first kappa shape index (κ1) is 15.1. The summed E-state index contributed by atoms with van der Waals surface area (Å²) in [4.78, 5) is 4.27. The lowest BCUT2D eigenvalue weighted by Gasteiger charge is -2.11. The Hall–Kier alpha value is -1.28. The van der Waals surface area contributed by atoms with Gasteiger partial charge in [-0.05, 0) is 24.1 Å². The Morgan fingerprint density at radius 2 is 2.25 bits per heavy atom. The van der Waals surface area contributed by atoms with Crippen LogP contribution in [0.3, 0.4) is 0 Å². The van der Waals surface area contributed by atoms with E-state index < -0.39 is 10.0 Å². The second kappa shape index (κ2) is 6.45. The first-order valence-electron chi connectivity index (χ1n) is 6.25. The third-order valence-corrected chi connectivity index (χ3v) is 5.00. The number of nitrogens with zero attached hydrogens (tertiary/aromatic N) is 1. The summed E-state index contributed by atoms with van der Waals surface area (Å²) in [5.74, 6) is 0. The van der Waals surface area contributed by atoms with E-state index in [4.69, 9.17) is 5.73 Å². The van der Waals surface area contributed by atoms with Crippen LogP contribution < -0.4 is 10.5 Å². The zero-order chi connectivity index (χ0) is 14.6. The highest BCUT2D eigenvalue weighted by atomic mass is 32.2. The molecule has 0 bridgehead atoms. The molecule has 3 N–H and O–H groups in total. The fourth-order valence-electron chi connectivity index (χ4n) is 1.73. The highest BCUT2D eigenvalue weighted by molar-refractivity contribution is 7.89. The molecule has 7 heteroatoms. The molecule has 0 saturated heterocycles. The summed E-state index contributed by atoms with van der Waals surface area (Å²) in [5.41, 5.74) is 9.14. The third-order valence-electron chi connectivity index (χ3n) is 2.96. The van der Waals surface area contributed by atoms with Crippen molar-refractivity contribution in [2.24, 2.45) is 5.73 Å². The van der Waals surface area contributed by atoms with Crippen LogP contribution in [0.4, 0.5) is 0 Å². The molecule has 0 spiro atoms. The second-order valence-corrected chi connectivity index (χ2v) is 6.88. The maximum Gasteiger partial charge on any atom is 0.240 e. The van der Waals surface area contributed by atoms with E-state index in [1.54, 1.807) is 23.7 Å². The fraction of sp³-hybridized carbons (Fsp3) is 0.308. The number of nitrogens with two attached hydrogens (primary N) is 1. The minimum absolute atomic E-state index is 0.149. The number of thiazole rings is 1. The minimum atomic E-state index is -3.54. The summed E-state index contributed by atoms with van der Waals surface area (Å²) in [7, 11) is -3.54. The first-order valence-corrected chi connectivity index (χ1v) is 8.68. The van der Waals surface area contributed by atoms with Gasteiger partial charge in [-0.3, -0.25) is 0 Å². The van der Waals surface area contributed by atoms with E-state index in [1.165, 1.54) is 11.3 Å². The van der Waals surface area contributed by atoms with Crippen LogP contribution >= 0.6 is 11.3 Å². The molecule has 0 aliphatic carbocycles. The standard InChI is InChI=1S/C13H17N3O2S2/c1-2-13(14)10-4-3-5-12(6-10)20(17,18)16-7-11-8-19-9-15-11/h3-6,8-9,13,16H,2,7,14H2,1H3. The van der Waals surface area contributed by atoms with Crippen molar-refractivity contribution in [3.05, 3.63) is 46.4 Å². The number of hydrogen-bond acceptors (Lipinski definition) is 5. The lowest BCUT2D eigenvalue weighted by Crippen LogP contribution is -2.23. The van der Waals surface area contributed by atoms with Gasteiger partial charge >= 0.3 is 0 Å². The summed E-state index contributed by atoms with van der Waals surface area (Å²) in [6.07, 6.45) is 0.760. The summed E-state index contributed by atoms with van der Waals surface area (Å²) >= 11 is 1.43. The normalized spacial score (nSPS) is 13.3. The van der Waals surface area contributed by atoms with Crippen LogP contribution in [0.5, 0.6) is 0 Å². The molecule has 5 nitrogen and oxygen atoms in total. The van der Waals surface area contributed by atoms with Crippen molar-refractivity contribution in [1.29, 1.82) is 0 Å². The minimum Gasteiger partial charge on any atom is -0.324 e. The predicted octanol–water partition coefficient (Wildman–Crippen LogP) is 2.03. The van der Waals surface area contributed by atoms with E-state index in [9.17, 15) is 8.42 Å². The van der Waals surface area contributed by atoms with Crippen LogP contribution in [0.1, 0.15) is 30.6 Å². The van der Waals surface area contributed by atoms with E-state index in [2.05, 4.69) is 9.71 Å². The van der Waals surface area contributed by atoms with Gasteiger partial charge in [-0.15, -0.1) is 11.3 Å². The maximum absolute atomic E-state index is 12.2. The van der Waals surface area contributed by atoms with Crippen molar-refractivity contribution in [3.8, 4) is 0 Å². The third kappa shape index (κ3) is 3.63. The summed E-state index contributed by atoms with van der Waals surface area (Å²) in [5, 5.41) is 1.81. The monoisotopic (exact) mass is 311 g/mol. The lowest BCUT2D eigenvalue weighted by molar-refractivity contribution is 0.580. The zero-order valence-corrected chi connectivity index (χ0v) is 12.7. The van der Waals surface area contributed by atoms with E-state index >= 15 is 0 Å². The van der Waals surface area contributed by atoms with Gasteiger partial charge in [0.05, 0.1) is 22.6 Å². The second-order valence-electron chi connectivity index (χ2n) is 4.39. The highest BCUT2D eigenvalue weighted by Gasteiger charge is 2.15. The van der Waals surface area contributed by atoms with Gasteiger partial charge in [0.25, 0.3) is 0 Å². The molecule has 0 fully saturated rings. The molecule has 1 aromatic carbocycles. The fourth-order valence-corrected chi connectivity index (χ4v) is 3.34. The lowest BCUT2D eigenvalue weighted by atomic mass is 10.1. The van der Waals surface area contributed by atoms with E-state index in [0.717, 1.165) is 12.0 Å². The Kier molecular flexibility index (Phi) is 4.87. The number of rotatable bonds is 6. The van der Waals surface area contributed by atoms with Crippen molar-refractivity contribution in [2.75, 3.05) is 0 Å². The average molecular weight is 311 g/mol.